The van der Waals surface area contributed by atoms with Crippen LogP contribution in [0, 0.1) is 17.8 Å². The van der Waals surface area contributed by atoms with E-state index in [1.54, 1.807) is 4.90 Å². The number of aliphatic hydroxyl groups excluding tert-OH is 1. The molecule has 5 aliphatic rings. The molecule has 38 heavy (non-hydrogen) atoms. The highest BCUT2D eigenvalue weighted by atomic mass is 16.6. The summed E-state index contributed by atoms with van der Waals surface area (Å²) in [5.74, 6) is -2.46. The van der Waals surface area contributed by atoms with E-state index in [-0.39, 0.29) is 30.4 Å². The summed E-state index contributed by atoms with van der Waals surface area (Å²) in [5.41, 5.74) is -2.39. The molecule has 4 heterocycles. The highest BCUT2D eigenvalue weighted by molar-refractivity contribution is 5.99. The topological polar surface area (TPSA) is 96.4 Å². The average molecular weight is 529 g/mol. The van der Waals surface area contributed by atoms with Crippen LogP contribution < -0.4 is 0 Å². The normalized spacial score (nSPS) is 37.9. The Morgan fingerprint density at radius 1 is 1.00 bits per heavy atom. The van der Waals surface area contributed by atoms with Gasteiger partial charge in [0.05, 0.1) is 30.8 Å². The van der Waals surface area contributed by atoms with Crippen LogP contribution in [0.1, 0.15) is 78.6 Å². The first-order valence-electron chi connectivity index (χ1n) is 14.7. The first kappa shape index (κ1) is 27.4. The summed E-state index contributed by atoms with van der Waals surface area (Å²) in [6.07, 6.45) is 16.1. The first-order valence-corrected chi connectivity index (χ1v) is 14.7. The molecule has 0 radical (unpaired) electrons. The molecule has 8 nitrogen and oxygen atoms in total. The van der Waals surface area contributed by atoms with Gasteiger partial charge in [0.2, 0.25) is 11.8 Å². The van der Waals surface area contributed by atoms with Crippen molar-refractivity contribution < 1.29 is 29.0 Å². The fourth-order valence-electron chi connectivity index (χ4n) is 7.69. The largest absolute Gasteiger partial charge is 0.465 e. The first-order chi connectivity index (χ1) is 18.2. The maximum Gasteiger partial charge on any atom is 0.313 e. The lowest BCUT2D eigenvalue weighted by Crippen LogP contribution is -2.60. The molecule has 5 rings (SSSR count). The number of amides is 2. The Morgan fingerprint density at radius 3 is 2.47 bits per heavy atom. The molecule has 1 N–H and O–H groups in total. The molecule has 3 fully saturated rings. The smallest absolute Gasteiger partial charge is 0.313 e. The van der Waals surface area contributed by atoms with Gasteiger partial charge in [0, 0.05) is 12.6 Å². The number of likely N-dealkylation sites (tertiary alicyclic amines) is 1. The Hall–Kier alpha value is -2.19. The molecule has 8 heteroatoms. The summed E-state index contributed by atoms with van der Waals surface area (Å²) < 4.78 is 12.6. The predicted molar refractivity (Wildman–Crippen MR) is 142 cm³/mol. The van der Waals surface area contributed by atoms with Crippen molar-refractivity contribution in [2.75, 3.05) is 19.8 Å². The quantitative estimate of drug-likeness (QED) is 0.434. The van der Waals surface area contributed by atoms with Crippen LogP contribution in [0.3, 0.4) is 0 Å². The van der Waals surface area contributed by atoms with Gasteiger partial charge >= 0.3 is 5.97 Å². The van der Waals surface area contributed by atoms with Crippen molar-refractivity contribution in [1.29, 1.82) is 0 Å². The number of rotatable bonds is 5. The van der Waals surface area contributed by atoms with Gasteiger partial charge in [0.15, 0.2) is 0 Å². The Bertz CT molecular complexity index is 987. The fourth-order valence-corrected chi connectivity index (χ4v) is 7.69. The third-order valence-electron chi connectivity index (χ3n) is 9.33. The molecule has 0 aromatic rings. The summed E-state index contributed by atoms with van der Waals surface area (Å²) in [4.78, 5) is 46.1. The molecule has 1 unspecified atom stereocenters. The number of nitrogens with zero attached hydrogens (tertiary/aromatic N) is 2. The van der Waals surface area contributed by atoms with Gasteiger partial charge in [-0.25, -0.2) is 0 Å². The summed E-state index contributed by atoms with van der Waals surface area (Å²) in [6, 6.07) is -1.36. The van der Waals surface area contributed by atoms with Crippen LogP contribution in [0.5, 0.6) is 0 Å². The molecule has 0 aromatic carbocycles. The molecule has 1 spiro atoms. The number of ether oxygens (including phenoxy) is 2. The van der Waals surface area contributed by atoms with Gasteiger partial charge in [0.25, 0.3) is 0 Å². The molecule has 0 aromatic heterocycles. The Balaban J connectivity index is 1.63. The summed E-state index contributed by atoms with van der Waals surface area (Å²) in [5, 5.41) is 10.5. The minimum Gasteiger partial charge on any atom is -0.465 e. The maximum atomic E-state index is 14.6. The number of fused-ring (bicyclic) bond motifs is 2. The number of carbonyl (C=O) groups excluding carboxylic acids is 3. The zero-order valence-electron chi connectivity index (χ0n) is 23.1. The van der Waals surface area contributed by atoms with Crippen LogP contribution in [0.25, 0.3) is 0 Å². The Morgan fingerprint density at radius 2 is 1.76 bits per heavy atom. The van der Waals surface area contributed by atoms with Crippen molar-refractivity contribution in [1.82, 2.24) is 9.80 Å². The van der Waals surface area contributed by atoms with E-state index in [0.717, 1.165) is 44.9 Å². The van der Waals surface area contributed by atoms with E-state index < -0.39 is 41.1 Å². The molecule has 4 aliphatic heterocycles. The van der Waals surface area contributed by atoms with E-state index >= 15 is 0 Å². The number of esters is 1. The van der Waals surface area contributed by atoms with Crippen molar-refractivity contribution in [2.45, 2.75) is 108 Å². The van der Waals surface area contributed by atoms with E-state index in [9.17, 15) is 19.5 Å². The number of cyclic esters (lactones) is 1. The van der Waals surface area contributed by atoms with Gasteiger partial charge in [0.1, 0.15) is 17.6 Å². The van der Waals surface area contributed by atoms with Gasteiger partial charge in [-0.3, -0.25) is 14.4 Å². The van der Waals surface area contributed by atoms with Gasteiger partial charge in [-0.2, -0.15) is 0 Å². The number of allylic oxidation sites excluding steroid dienone is 1. The highest BCUT2D eigenvalue weighted by Crippen LogP contribution is 2.57. The molecule has 1 aliphatic carbocycles. The van der Waals surface area contributed by atoms with Crippen LogP contribution in [-0.4, -0.2) is 81.8 Å². The molecule has 2 amide bonds. The van der Waals surface area contributed by atoms with E-state index in [1.807, 2.05) is 50.0 Å². The van der Waals surface area contributed by atoms with Gasteiger partial charge < -0.3 is 24.4 Å². The second-order valence-corrected chi connectivity index (χ2v) is 12.5. The number of hydrogen-bond acceptors (Lipinski definition) is 6. The SMILES string of the molecule is CC(C)C[C@H](CO)N1C(=O)[C@@H]2[C@@H]3C(=O)OCCCC/C=C\[C@]3(C)O[C@@]23C=CCN(C2CCCCC2)C(=O)C13. The lowest BCUT2D eigenvalue weighted by molar-refractivity contribution is -0.162. The third kappa shape index (κ3) is 4.51. The minimum absolute atomic E-state index is 0.118. The Kier molecular flexibility index (Phi) is 7.75. The monoisotopic (exact) mass is 528 g/mol. The highest BCUT2D eigenvalue weighted by Gasteiger charge is 2.75. The summed E-state index contributed by atoms with van der Waals surface area (Å²) in [6.45, 7) is 6.43. The molecular formula is C30H44N2O6. The lowest BCUT2D eigenvalue weighted by atomic mass is 9.74. The standard InChI is InChI=1S/C30H44N2O6/c1-20(2)18-22(19-33)32-25-27(35)31(21-12-7-6-8-13-21)16-11-15-30(25)23(26(32)34)24-28(36)37-17-10-5-4-9-14-29(24,3)38-30/h9,11,14-15,20-25,33H,4-8,10,12-13,16-19H2,1-3H3/b14-9-/t22-,23+,24-,25?,29+,30+/m1/s1. The zero-order valence-corrected chi connectivity index (χ0v) is 23.1. The second-order valence-electron chi connectivity index (χ2n) is 12.5. The number of hydrogen-bond donors (Lipinski definition) is 1. The van der Waals surface area contributed by atoms with E-state index in [4.69, 9.17) is 9.47 Å². The molecule has 210 valence electrons. The van der Waals surface area contributed by atoms with Crippen LogP contribution in [-0.2, 0) is 23.9 Å². The predicted octanol–water partition coefficient (Wildman–Crippen LogP) is 3.38. The van der Waals surface area contributed by atoms with Crippen molar-refractivity contribution in [3.8, 4) is 0 Å². The van der Waals surface area contributed by atoms with Crippen LogP contribution in [0.15, 0.2) is 24.3 Å². The third-order valence-corrected chi connectivity index (χ3v) is 9.33. The van der Waals surface area contributed by atoms with E-state index in [1.165, 1.54) is 6.42 Å². The number of carbonyl (C=O) groups is 3. The summed E-state index contributed by atoms with van der Waals surface area (Å²) in [7, 11) is 0. The van der Waals surface area contributed by atoms with Crippen molar-refractivity contribution in [3.63, 3.8) is 0 Å². The van der Waals surface area contributed by atoms with Gasteiger partial charge in [-0.1, -0.05) is 57.4 Å². The molecule has 2 saturated heterocycles. The zero-order chi connectivity index (χ0) is 27.1. The molecule has 0 bridgehead atoms. The minimum atomic E-state index is -1.31. The maximum absolute atomic E-state index is 14.6. The van der Waals surface area contributed by atoms with E-state index in [2.05, 4.69) is 0 Å². The molecule has 6 atom stereocenters. The van der Waals surface area contributed by atoms with Gasteiger partial charge in [-0.05, 0) is 51.4 Å². The average Bonchev–Trinajstić information content (AvgIpc) is 3.22. The molecule has 1 saturated carbocycles. The van der Waals surface area contributed by atoms with Gasteiger partial charge in [-0.15, -0.1) is 0 Å². The fraction of sp³-hybridized carbons (Fsp3) is 0.767. The van der Waals surface area contributed by atoms with Crippen molar-refractivity contribution >= 4 is 17.8 Å². The molecular weight excluding hydrogens is 484 g/mol. The van der Waals surface area contributed by atoms with Crippen LogP contribution in [0.4, 0.5) is 0 Å². The van der Waals surface area contributed by atoms with Crippen LogP contribution in [0.2, 0.25) is 0 Å². The van der Waals surface area contributed by atoms with Crippen molar-refractivity contribution in [3.05, 3.63) is 24.3 Å². The van der Waals surface area contributed by atoms with Crippen LogP contribution >= 0.6 is 0 Å². The summed E-state index contributed by atoms with van der Waals surface area (Å²) >= 11 is 0. The van der Waals surface area contributed by atoms with Crippen molar-refractivity contribution in [2.24, 2.45) is 17.8 Å². The second kappa shape index (κ2) is 10.8. The van der Waals surface area contributed by atoms with E-state index in [0.29, 0.717) is 19.6 Å². The lowest BCUT2D eigenvalue weighted by Gasteiger charge is -2.42. The number of aliphatic hydroxyl groups is 1. The Labute approximate surface area is 226 Å².